The fourth-order valence-electron chi connectivity index (χ4n) is 3.96. The summed E-state index contributed by atoms with van der Waals surface area (Å²) >= 11 is 0. The van der Waals surface area contributed by atoms with Crippen molar-refractivity contribution in [1.82, 2.24) is 0 Å². The van der Waals surface area contributed by atoms with E-state index in [-0.39, 0.29) is 0 Å². The molecular weight excluding hydrogens is 540 g/mol. The number of hydrogen-bond acceptors (Lipinski definition) is 9. The van der Waals surface area contributed by atoms with Crippen molar-refractivity contribution in [3.63, 3.8) is 0 Å². The molecule has 0 aliphatic heterocycles. The van der Waals surface area contributed by atoms with Gasteiger partial charge in [-0.3, -0.25) is 9.78 Å². The van der Waals surface area contributed by atoms with E-state index in [1.54, 1.807) is 24.3 Å². The highest BCUT2D eigenvalue weighted by Gasteiger charge is 2.34. The zero-order valence-corrected chi connectivity index (χ0v) is 25.9. The number of carbonyl (C=O) groups excluding carboxylic acids is 3. The summed E-state index contributed by atoms with van der Waals surface area (Å²) in [5.41, 5.74) is 2.86. The zero-order chi connectivity index (χ0) is 31.0. The summed E-state index contributed by atoms with van der Waals surface area (Å²) in [5, 5.41) is 0. The molecule has 0 heterocycles. The molecule has 0 aliphatic rings. The predicted molar refractivity (Wildman–Crippen MR) is 157 cm³/mol. The highest BCUT2D eigenvalue weighted by Crippen LogP contribution is 2.20. The van der Waals surface area contributed by atoms with Gasteiger partial charge in [0.05, 0.1) is 11.1 Å². The topological polar surface area (TPSA) is 107 Å². The van der Waals surface area contributed by atoms with Gasteiger partial charge in [-0.05, 0) is 61.1 Å². The molecule has 0 spiro atoms. The van der Waals surface area contributed by atoms with Gasteiger partial charge in [-0.15, -0.1) is 9.78 Å². The Balaban J connectivity index is 1.75. The molecule has 0 fully saturated rings. The van der Waals surface area contributed by atoms with E-state index in [9.17, 15) is 14.4 Å². The second-order valence-electron chi connectivity index (χ2n) is 11.2. The number of unbranched alkanes of at least 4 members (excludes halogenated alkanes) is 6. The number of rotatable bonds is 18. The van der Waals surface area contributed by atoms with Crippen molar-refractivity contribution in [3.8, 4) is 0 Å². The van der Waals surface area contributed by atoms with Crippen LogP contribution in [0.5, 0.6) is 0 Å². The van der Waals surface area contributed by atoms with Crippen molar-refractivity contribution in [2.24, 2.45) is 0 Å². The molecule has 0 bridgehead atoms. The van der Waals surface area contributed by atoms with Gasteiger partial charge in [0, 0.05) is 27.7 Å². The summed E-state index contributed by atoms with van der Waals surface area (Å²) in [7, 11) is 0. The maximum atomic E-state index is 12.4. The first-order chi connectivity index (χ1) is 19.9. The Hall–Kier alpha value is -3.43. The maximum absolute atomic E-state index is 12.4. The monoisotopic (exact) mass is 586 g/mol. The second-order valence-corrected chi connectivity index (χ2v) is 11.2. The molecule has 0 aliphatic carbocycles. The lowest BCUT2D eigenvalue weighted by Gasteiger charge is -2.26. The molecule has 232 valence electrons. The predicted octanol–water partition coefficient (Wildman–Crippen LogP) is 8.43. The molecule has 2 rings (SSSR count). The van der Waals surface area contributed by atoms with E-state index in [0.29, 0.717) is 11.1 Å². The van der Waals surface area contributed by atoms with Crippen molar-refractivity contribution in [1.29, 1.82) is 0 Å². The van der Waals surface area contributed by atoms with Crippen LogP contribution in [0.15, 0.2) is 48.5 Å². The summed E-state index contributed by atoms with van der Waals surface area (Å²) in [6.07, 6.45) is 10.0. The van der Waals surface area contributed by atoms with E-state index in [4.69, 9.17) is 29.0 Å². The summed E-state index contributed by atoms with van der Waals surface area (Å²) in [6.45, 7) is 9.79. The van der Waals surface area contributed by atoms with Crippen LogP contribution in [0.1, 0.15) is 125 Å². The molecular formula is C33H46O9. The number of carbonyl (C=O) groups is 3. The Morgan fingerprint density at radius 2 is 0.905 bits per heavy atom. The fraction of sp³-hybridized carbons (Fsp3) is 0.545. The summed E-state index contributed by atoms with van der Waals surface area (Å²) in [4.78, 5) is 57.0. The number of hydrogen-bond donors (Lipinski definition) is 0. The summed E-state index contributed by atoms with van der Waals surface area (Å²) in [6, 6.07) is 14.1. The van der Waals surface area contributed by atoms with Crippen molar-refractivity contribution >= 4 is 18.1 Å². The smallest absolute Gasteiger partial charge is 0.398 e. The van der Waals surface area contributed by atoms with Crippen molar-refractivity contribution in [2.75, 3.05) is 0 Å². The molecule has 0 amide bonds. The molecule has 9 heteroatoms. The minimum Gasteiger partial charge on any atom is -0.398 e. The van der Waals surface area contributed by atoms with Crippen molar-refractivity contribution in [2.45, 2.75) is 117 Å². The lowest BCUT2D eigenvalue weighted by atomic mass is 10.0. The Bertz CT molecular complexity index is 1020. The van der Waals surface area contributed by atoms with E-state index >= 15 is 0 Å². The van der Waals surface area contributed by atoms with Crippen LogP contribution in [-0.4, -0.2) is 29.7 Å². The van der Waals surface area contributed by atoms with Crippen LogP contribution in [0.2, 0.25) is 0 Å². The van der Waals surface area contributed by atoms with Crippen molar-refractivity contribution < 1.29 is 43.4 Å². The van der Waals surface area contributed by atoms with Gasteiger partial charge in [0.15, 0.2) is 0 Å². The van der Waals surface area contributed by atoms with E-state index < -0.39 is 29.7 Å². The Morgan fingerprint density at radius 3 is 1.24 bits per heavy atom. The van der Waals surface area contributed by atoms with Crippen LogP contribution >= 0.6 is 0 Å². The van der Waals surface area contributed by atoms with Gasteiger partial charge in [0.1, 0.15) is 0 Å². The first-order valence-electron chi connectivity index (χ1n) is 14.8. The van der Waals surface area contributed by atoms with Gasteiger partial charge in [-0.25, -0.2) is 14.4 Å². The number of benzene rings is 2. The molecule has 0 unspecified atom stereocenters. The first-order valence-corrected chi connectivity index (χ1v) is 14.8. The summed E-state index contributed by atoms with van der Waals surface area (Å²) < 4.78 is 10.2. The Kier molecular flexibility index (Phi) is 14.5. The van der Waals surface area contributed by atoms with Crippen LogP contribution in [0.25, 0.3) is 0 Å². The average molecular weight is 587 g/mol. The van der Waals surface area contributed by atoms with E-state index in [1.165, 1.54) is 66.2 Å². The Labute approximate surface area is 249 Å². The lowest BCUT2D eigenvalue weighted by Crippen LogP contribution is -2.38. The third-order valence-electron chi connectivity index (χ3n) is 6.31. The van der Waals surface area contributed by atoms with Crippen LogP contribution in [0.3, 0.4) is 0 Å². The molecule has 0 atom stereocenters. The van der Waals surface area contributed by atoms with Crippen LogP contribution in [-0.2, 0) is 41.9 Å². The largest absolute Gasteiger partial charge is 0.513 e. The molecule has 0 aromatic heterocycles. The molecule has 42 heavy (non-hydrogen) atoms. The normalized spacial score (nSPS) is 11.6. The third kappa shape index (κ3) is 13.5. The number of ether oxygens (including phenoxy) is 2. The van der Waals surface area contributed by atoms with Gasteiger partial charge in [-0.2, -0.15) is 0 Å². The van der Waals surface area contributed by atoms with E-state index in [1.807, 2.05) is 24.3 Å². The van der Waals surface area contributed by atoms with Gasteiger partial charge in [-0.1, -0.05) is 76.6 Å². The maximum Gasteiger partial charge on any atom is 0.513 e. The standard InChI is InChI=1S/C33H46O9/c1-7-9-11-13-15-25-17-21-27(22-18-25)29(34)39-41-32(3,4)37-31(36)38-33(5,6)42-40-30(35)28-23-19-26(20-24-28)16-14-12-10-8-2/h17-24H,7-16H2,1-6H3. The van der Waals surface area contributed by atoms with Crippen LogP contribution in [0.4, 0.5) is 4.79 Å². The Morgan fingerprint density at radius 1 is 0.548 bits per heavy atom. The van der Waals surface area contributed by atoms with Gasteiger partial charge in [0.2, 0.25) is 0 Å². The molecule has 9 nitrogen and oxygen atoms in total. The highest BCUT2D eigenvalue weighted by molar-refractivity contribution is 5.89. The van der Waals surface area contributed by atoms with E-state index in [2.05, 4.69) is 13.8 Å². The quantitative estimate of drug-likeness (QED) is 0.0559. The van der Waals surface area contributed by atoms with Gasteiger partial charge in [0.25, 0.3) is 11.6 Å². The molecule has 2 aromatic carbocycles. The SMILES string of the molecule is CCCCCCc1ccc(C(=O)OOC(C)(C)OC(=O)OC(C)(C)OOC(=O)c2ccc(CCCCCC)cc2)cc1. The minimum absolute atomic E-state index is 0.295. The number of aryl methyl sites for hydroxylation is 2. The molecule has 0 radical (unpaired) electrons. The molecule has 0 N–H and O–H groups in total. The van der Waals surface area contributed by atoms with Crippen LogP contribution in [0, 0.1) is 0 Å². The van der Waals surface area contributed by atoms with Gasteiger partial charge < -0.3 is 9.47 Å². The second kappa shape index (κ2) is 17.5. The van der Waals surface area contributed by atoms with Gasteiger partial charge >= 0.3 is 18.1 Å². The van der Waals surface area contributed by atoms with Crippen LogP contribution < -0.4 is 0 Å². The first kappa shape index (κ1) is 34.8. The molecule has 2 aromatic rings. The third-order valence-corrected chi connectivity index (χ3v) is 6.31. The minimum atomic E-state index is -1.68. The average Bonchev–Trinajstić information content (AvgIpc) is 2.95. The zero-order valence-electron chi connectivity index (χ0n) is 25.9. The fourth-order valence-corrected chi connectivity index (χ4v) is 3.96. The summed E-state index contributed by atoms with van der Waals surface area (Å²) in [5.74, 6) is -4.84. The highest BCUT2D eigenvalue weighted by atomic mass is 17.3. The van der Waals surface area contributed by atoms with E-state index in [0.717, 1.165) is 36.8 Å². The lowest BCUT2D eigenvalue weighted by molar-refractivity contribution is -0.391. The molecule has 0 saturated heterocycles. The molecule has 0 saturated carbocycles. The van der Waals surface area contributed by atoms with Crippen molar-refractivity contribution in [3.05, 3.63) is 70.8 Å².